The van der Waals surface area contributed by atoms with E-state index in [1.807, 2.05) is 0 Å². The van der Waals surface area contributed by atoms with E-state index < -0.39 is 10.0 Å². The van der Waals surface area contributed by atoms with E-state index in [1.54, 1.807) is 19.1 Å². The Labute approximate surface area is 129 Å². The second-order valence-electron chi connectivity index (χ2n) is 5.46. The highest BCUT2D eigenvalue weighted by atomic mass is 79.9. The molecule has 0 radical (unpaired) electrons. The van der Waals surface area contributed by atoms with E-state index >= 15 is 0 Å². The number of halogens is 1. The van der Waals surface area contributed by atoms with E-state index in [4.69, 9.17) is 5.73 Å². The zero-order valence-electron chi connectivity index (χ0n) is 11.7. The number of benzene rings is 1. The first kappa shape index (κ1) is 15.8. The van der Waals surface area contributed by atoms with E-state index in [0.717, 1.165) is 6.42 Å². The summed E-state index contributed by atoms with van der Waals surface area (Å²) in [7, 11) is -3.49. The highest BCUT2D eigenvalue weighted by Gasteiger charge is 2.20. The van der Waals surface area contributed by atoms with Gasteiger partial charge in [-0.15, -0.1) is 0 Å². The molecule has 2 rings (SSSR count). The standard InChI is InChI=1S/C14H21BrN2O2S/c1-10-13(16)8-12(15)9-14(10)20(18,19)17-7-6-11-4-2-3-5-11/h8-9,11,17H,2-7,16H2,1H3. The summed E-state index contributed by atoms with van der Waals surface area (Å²) in [6, 6.07) is 3.32. The first-order valence-electron chi connectivity index (χ1n) is 6.95. The first-order chi connectivity index (χ1) is 9.40. The zero-order valence-corrected chi connectivity index (χ0v) is 14.1. The first-order valence-corrected chi connectivity index (χ1v) is 9.23. The summed E-state index contributed by atoms with van der Waals surface area (Å²) in [6.07, 6.45) is 5.92. The quantitative estimate of drug-likeness (QED) is 0.791. The fourth-order valence-electron chi connectivity index (χ4n) is 2.73. The number of hydrogen-bond donors (Lipinski definition) is 2. The number of hydrogen-bond acceptors (Lipinski definition) is 3. The minimum atomic E-state index is -3.49. The van der Waals surface area contributed by atoms with Gasteiger partial charge in [-0.05, 0) is 37.0 Å². The van der Waals surface area contributed by atoms with E-state index in [0.29, 0.717) is 28.2 Å². The van der Waals surface area contributed by atoms with E-state index in [1.165, 1.54) is 25.7 Å². The van der Waals surface area contributed by atoms with Crippen molar-refractivity contribution in [2.45, 2.75) is 43.9 Å². The summed E-state index contributed by atoms with van der Waals surface area (Å²) in [4.78, 5) is 0.260. The number of anilines is 1. The molecule has 1 aliphatic carbocycles. The van der Waals surface area contributed by atoms with Gasteiger partial charge in [0, 0.05) is 16.7 Å². The van der Waals surface area contributed by atoms with Crippen molar-refractivity contribution < 1.29 is 8.42 Å². The van der Waals surface area contributed by atoms with E-state index in [2.05, 4.69) is 20.7 Å². The van der Waals surface area contributed by atoms with Crippen molar-refractivity contribution in [3.8, 4) is 0 Å². The van der Waals surface area contributed by atoms with Crippen LogP contribution in [0.15, 0.2) is 21.5 Å². The van der Waals surface area contributed by atoms with E-state index in [-0.39, 0.29) is 4.90 Å². The van der Waals surface area contributed by atoms with Crippen LogP contribution in [0, 0.1) is 12.8 Å². The lowest BCUT2D eigenvalue weighted by molar-refractivity contribution is 0.495. The maximum atomic E-state index is 12.3. The minimum Gasteiger partial charge on any atom is -0.398 e. The molecule has 0 saturated heterocycles. The van der Waals surface area contributed by atoms with Gasteiger partial charge in [0.05, 0.1) is 4.90 Å². The Morgan fingerprint density at radius 3 is 2.65 bits per heavy atom. The van der Waals surface area contributed by atoms with Crippen LogP contribution in [0.5, 0.6) is 0 Å². The molecule has 0 aliphatic heterocycles. The Balaban J connectivity index is 2.06. The fourth-order valence-corrected chi connectivity index (χ4v) is 4.70. The highest BCUT2D eigenvalue weighted by Crippen LogP contribution is 2.28. The van der Waals surface area contributed by atoms with Crippen LogP contribution in [0.2, 0.25) is 0 Å². The maximum Gasteiger partial charge on any atom is 0.240 e. The summed E-state index contributed by atoms with van der Waals surface area (Å²) >= 11 is 3.29. The van der Waals surface area contributed by atoms with E-state index in [9.17, 15) is 8.42 Å². The van der Waals surface area contributed by atoms with Crippen LogP contribution in [-0.4, -0.2) is 15.0 Å². The van der Waals surface area contributed by atoms with Gasteiger partial charge in [0.25, 0.3) is 0 Å². The molecule has 0 aromatic heterocycles. The average Bonchev–Trinajstić information content (AvgIpc) is 2.86. The van der Waals surface area contributed by atoms with Crippen LogP contribution >= 0.6 is 15.9 Å². The fraction of sp³-hybridized carbons (Fsp3) is 0.571. The highest BCUT2D eigenvalue weighted by molar-refractivity contribution is 9.10. The van der Waals surface area contributed by atoms with Crippen molar-refractivity contribution in [3.05, 3.63) is 22.2 Å². The van der Waals surface area contributed by atoms with Gasteiger partial charge in [0.1, 0.15) is 0 Å². The topological polar surface area (TPSA) is 72.2 Å². The zero-order chi connectivity index (χ0) is 14.8. The summed E-state index contributed by atoms with van der Waals surface area (Å²) in [5.41, 5.74) is 6.90. The second-order valence-corrected chi connectivity index (χ2v) is 8.11. The summed E-state index contributed by atoms with van der Waals surface area (Å²) < 4.78 is 28.1. The lowest BCUT2D eigenvalue weighted by Gasteiger charge is -2.13. The summed E-state index contributed by atoms with van der Waals surface area (Å²) in [6.45, 7) is 2.23. The number of rotatable bonds is 5. The van der Waals surface area contributed by atoms with Crippen molar-refractivity contribution >= 4 is 31.6 Å². The second kappa shape index (κ2) is 6.45. The third-order valence-electron chi connectivity index (χ3n) is 3.97. The Bertz CT molecular complexity index is 581. The predicted molar refractivity (Wildman–Crippen MR) is 85.1 cm³/mol. The number of nitrogen functional groups attached to an aromatic ring is 1. The Kier molecular flexibility index (Phi) is 5.09. The molecule has 0 bridgehead atoms. The van der Waals surface area contributed by atoms with Gasteiger partial charge in [-0.2, -0.15) is 0 Å². The number of sulfonamides is 1. The van der Waals surface area contributed by atoms with Gasteiger partial charge in [-0.1, -0.05) is 41.6 Å². The van der Waals surface area contributed by atoms with Crippen molar-refractivity contribution in [2.75, 3.05) is 12.3 Å². The molecule has 1 aromatic carbocycles. The molecule has 3 N–H and O–H groups in total. The monoisotopic (exact) mass is 360 g/mol. The molecular weight excluding hydrogens is 340 g/mol. The summed E-state index contributed by atoms with van der Waals surface area (Å²) in [5.74, 6) is 0.673. The third-order valence-corrected chi connectivity index (χ3v) is 6.02. The molecule has 0 heterocycles. The normalized spacial score (nSPS) is 16.7. The van der Waals surface area contributed by atoms with Crippen molar-refractivity contribution in [2.24, 2.45) is 5.92 Å². The smallest absolute Gasteiger partial charge is 0.240 e. The predicted octanol–water partition coefficient (Wildman–Crippen LogP) is 3.20. The molecule has 6 heteroatoms. The average molecular weight is 361 g/mol. The van der Waals surface area contributed by atoms with Crippen molar-refractivity contribution in [3.63, 3.8) is 0 Å². The molecule has 20 heavy (non-hydrogen) atoms. The molecule has 0 atom stereocenters. The van der Waals surface area contributed by atoms with Crippen LogP contribution in [0.25, 0.3) is 0 Å². The van der Waals surface area contributed by atoms with Crippen molar-refractivity contribution in [1.82, 2.24) is 4.72 Å². The Morgan fingerprint density at radius 1 is 1.35 bits per heavy atom. The maximum absolute atomic E-state index is 12.3. The van der Waals surface area contributed by atoms with Gasteiger partial charge in [0.15, 0.2) is 0 Å². The van der Waals surface area contributed by atoms with Crippen LogP contribution in [0.4, 0.5) is 5.69 Å². The lowest BCUT2D eigenvalue weighted by Crippen LogP contribution is -2.26. The number of nitrogens with one attached hydrogen (secondary N) is 1. The van der Waals surface area contributed by atoms with Crippen molar-refractivity contribution in [1.29, 1.82) is 0 Å². The molecule has 1 saturated carbocycles. The molecule has 112 valence electrons. The lowest BCUT2D eigenvalue weighted by atomic mass is 10.1. The molecule has 4 nitrogen and oxygen atoms in total. The molecule has 0 unspecified atom stereocenters. The Morgan fingerprint density at radius 2 is 2.00 bits per heavy atom. The van der Waals surface area contributed by atoms with Gasteiger partial charge in [-0.3, -0.25) is 0 Å². The molecule has 1 aliphatic rings. The third kappa shape index (κ3) is 3.74. The molecule has 0 spiro atoms. The van der Waals surface area contributed by atoms with Crippen LogP contribution in [-0.2, 0) is 10.0 Å². The van der Waals surface area contributed by atoms with Gasteiger partial charge in [0.2, 0.25) is 10.0 Å². The largest absolute Gasteiger partial charge is 0.398 e. The van der Waals surface area contributed by atoms with Gasteiger partial charge < -0.3 is 5.73 Å². The van der Waals surface area contributed by atoms with Gasteiger partial charge >= 0.3 is 0 Å². The number of nitrogens with two attached hydrogens (primary N) is 1. The summed E-state index contributed by atoms with van der Waals surface area (Å²) in [5, 5.41) is 0. The SMILES string of the molecule is Cc1c(N)cc(Br)cc1S(=O)(=O)NCCC1CCCC1. The molecule has 1 aromatic rings. The van der Waals surface area contributed by atoms with Crippen LogP contribution < -0.4 is 10.5 Å². The Hall–Kier alpha value is -0.590. The van der Waals surface area contributed by atoms with Crippen LogP contribution in [0.1, 0.15) is 37.7 Å². The molecule has 0 amide bonds. The molecular formula is C14H21BrN2O2S. The van der Waals surface area contributed by atoms with Crippen LogP contribution in [0.3, 0.4) is 0 Å². The molecule has 1 fully saturated rings. The minimum absolute atomic E-state index is 0.260. The van der Waals surface area contributed by atoms with Gasteiger partial charge in [-0.25, -0.2) is 13.1 Å².